The lowest BCUT2D eigenvalue weighted by atomic mass is 10.3. The smallest absolute Gasteiger partial charge is 0.148 e. The van der Waals surface area contributed by atoms with Gasteiger partial charge in [0, 0.05) is 44.3 Å². The Kier molecular flexibility index (Phi) is 4.54. The van der Waals surface area contributed by atoms with Gasteiger partial charge in [-0.25, -0.2) is 0 Å². The Bertz CT molecular complexity index is 310. The summed E-state index contributed by atoms with van der Waals surface area (Å²) in [4.78, 5) is 0. The Morgan fingerprint density at radius 3 is 3.38 bits per heavy atom. The van der Waals surface area contributed by atoms with Gasteiger partial charge in [-0.15, -0.1) is 0 Å². The zero-order chi connectivity index (χ0) is 11.2. The zero-order valence-corrected chi connectivity index (χ0v) is 10.5. The Morgan fingerprint density at radius 2 is 2.62 bits per heavy atom. The summed E-state index contributed by atoms with van der Waals surface area (Å²) in [6, 6.07) is 2.66. The van der Waals surface area contributed by atoms with Gasteiger partial charge >= 0.3 is 0 Å². The number of ether oxygens (including phenoxy) is 1. The number of anilines is 1. The summed E-state index contributed by atoms with van der Waals surface area (Å²) < 4.78 is 6.99. The van der Waals surface area contributed by atoms with Crippen LogP contribution in [0, 0.1) is 0 Å². The zero-order valence-electron chi connectivity index (χ0n) is 9.69. The van der Waals surface area contributed by atoms with Crippen molar-refractivity contribution in [2.45, 2.75) is 25.4 Å². The van der Waals surface area contributed by atoms with Gasteiger partial charge < -0.3 is 10.1 Å². The van der Waals surface area contributed by atoms with Crippen molar-refractivity contribution < 1.29 is 4.74 Å². The van der Waals surface area contributed by atoms with Gasteiger partial charge in [0.05, 0.1) is 0 Å². The van der Waals surface area contributed by atoms with Crippen molar-refractivity contribution in [3.63, 3.8) is 0 Å². The predicted molar refractivity (Wildman–Crippen MR) is 68.1 cm³/mol. The van der Waals surface area contributed by atoms with Gasteiger partial charge in [-0.1, -0.05) is 0 Å². The number of nitrogens with zero attached hydrogens (tertiary/aromatic N) is 2. The van der Waals surface area contributed by atoms with E-state index < -0.39 is 0 Å². The van der Waals surface area contributed by atoms with E-state index in [0.29, 0.717) is 6.04 Å². The van der Waals surface area contributed by atoms with E-state index in [2.05, 4.69) is 16.5 Å². The van der Waals surface area contributed by atoms with Crippen LogP contribution in [0.15, 0.2) is 12.3 Å². The third-order valence-corrected chi connectivity index (χ3v) is 3.82. The Hall–Kier alpha value is -0.680. The van der Waals surface area contributed by atoms with E-state index in [1.807, 2.05) is 22.6 Å². The van der Waals surface area contributed by atoms with E-state index in [9.17, 15) is 0 Å². The minimum atomic E-state index is 0.604. The molecular formula is C11H19N3OS. The number of rotatable bonds is 6. The molecule has 0 bridgehead atoms. The van der Waals surface area contributed by atoms with Crippen molar-refractivity contribution in [2.24, 2.45) is 0 Å². The number of thioether (sulfide) groups is 1. The molecule has 90 valence electrons. The highest BCUT2D eigenvalue weighted by molar-refractivity contribution is 7.99. The van der Waals surface area contributed by atoms with E-state index in [1.54, 1.807) is 7.11 Å². The van der Waals surface area contributed by atoms with Gasteiger partial charge in [0.2, 0.25) is 0 Å². The van der Waals surface area contributed by atoms with Crippen LogP contribution in [0.25, 0.3) is 0 Å². The molecule has 0 saturated carbocycles. The molecule has 0 amide bonds. The van der Waals surface area contributed by atoms with Crippen molar-refractivity contribution in [1.82, 2.24) is 9.78 Å². The van der Waals surface area contributed by atoms with Gasteiger partial charge in [0.1, 0.15) is 5.82 Å². The van der Waals surface area contributed by atoms with Gasteiger partial charge in [0.15, 0.2) is 0 Å². The summed E-state index contributed by atoms with van der Waals surface area (Å²) in [5.74, 6) is 3.48. The lowest BCUT2D eigenvalue weighted by Gasteiger charge is -2.09. The van der Waals surface area contributed by atoms with Crippen LogP contribution in [0.1, 0.15) is 12.8 Å². The van der Waals surface area contributed by atoms with Gasteiger partial charge in [-0.3, -0.25) is 4.68 Å². The number of hydrogen-bond acceptors (Lipinski definition) is 4. The monoisotopic (exact) mass is 241 g/mol. The average molecular weight is 241 g/mol. The standard InChI is InChI=1S/C11H19N3OS/c1-15-7-2-5-14-6-3-11(13-14)12-10-4-8-16-9-10/h3,6,10H,2,4-5,7-9H2,1H3,(H,12,13). The van der Waals surface area contributed by atoms with Crippen LogP contribution in [0.3, 0.4) is 0 Å². The first kappa shape index (κ1) is 11.8. The van der Waals surface area contributed by atoms with Crippen LogP contribution < -0.4 is 5.32 Å². The molecule has 16 heavy (non-hydrogen) atoms. The summed E-state index contributed by atoms with van der Waals surface area (Å²) in [7, 11) is 1.73. The number of nitrogens with one attached hydrogen (secondary N) is 1. The Morgan fingerprint density at radius 1 is 1.69 bits per heavy atom. The summed E-state index contributed by atoms with van der Waals surface area (Å²) in [6.45, 7) is 1.72. The maximum absolute atomic E-state index is 5.02. The van der Waals surface area contributed by atoms with Gasteiger partial charge in [-0.2, -0.15) is 16.9 Å². The largest absolute Gasteiger partial charge is 0.385 e. The molecule has 1 aliphatic heterocycles. The number of aromatic nitrogens is 2. The van der Waals surface area contributed by atoms with E-state index in [1.165, 1.54) is 17.9 Å². The quantitative estimate of drug-likeness (QED) is 0.771. The Balaban J connectivity index is 1.77. The van der Waals surface area contributed by atoms with Crippen molar-refractivity contribution >= 4 is 17.6 Å². The fourth-order valence-corrected chi connectivity index (χ4v) is 2.94. The van der Waals surface area contributed by atoms with Crippen molar-refractivity contribution in [2.75, 3.05) is 30.5 Å². The molecule has 0 aliphatic carbocycles. The maximum Gasteiger partial charge on any atom is 0.148 e. The molecule has 0 spiro atoms. The molecular weight excluding hydrogens is 222 g/mol. The number of aryl methyl sites for hydroxylation is 1. The second-order valence-corrected chi connectivity index (χ2v) is 5.17. The molecule has 1 N–H and O–H groups in total. The van der Waals surface area contributed by atoms with E-state index in [0.717, 1.165) is 25.4 Å². The first-order valence-corrected chi connectivity index (χ1v) is 6.90. The maximum atomic E-state index is 5.02. The fraction of sp³-hybridized carbons (Fsp3) is 0.727. The number of hydrogen-bond donors (Lipinski definition) is 1. The van der Waals surface area contributed by atoms with E-state index in [-0.39, 0.29) is 0 Å². The van der Waals surface area contributed by atoms with Crippen LogP contribution in [-0.2, 0) is 11.3 Å². The van der Waals surface area contributed by atoms with Crippen molar-refractivity contribution in [3.8, 4) is 0 Å². The van der Waals surface area contributed by atoms with Crippen molar-refractivity contribution in [3.05, 3.63) is 12.3 Å². The topological polar surface area (TPSA) is 39.1 Å². The lowest BCUT2D eigenvalue weighted by Crippen LogP contribution is -2.18. The van der Waals surface area contributed by atoms with Crippen LogP contribution in [0.5, 0.6) is 0 Å². The first-order valence-electron chi connectivity index (χ1n) is 5.75. The molecule has 1 saturated heterocycles. The van der Waals surface area contributed by atoms with Crippen LogP contribution in [0.2, 0.25) is 0 Å². The fourth-order valence-electron chi connectivity index (χ4n) is 1.79. The predicted octanol–water partition coefficient (Wildman–Crippen LogP) is 1.84. The van der Waals surface area contributed by atoms with E-state index in [4.69, 9.17) is 4.74 Å². The SMILES string of the molecule is COCCCn1ccc(NC2CCSC2)n1. The highest BCUT2D eigenvalue weighted by Gasteiger charge is 2.15. The number of methoxy groups -OCH3 is 1. The molecule has 1 unspecified atom stereocenters. The summed E-state index contributed by atoms with van der Waals surface area (Å²) in [5, 5.41) is 7.95. The summed E-state index contributed by atoms with van der Waals surface area (Å²) in [5.41, 5.74) is 0. The normalized spacial score (nSPS) is 20.2. The minimum Gasteiger partial charge on any atom is -0.385 e. The second-order valence-electron chi connectivity index (χ2n) is 4.02. The summed E-state index contributed by atoms with van der Waals surface area (Å²) in [6.07, 6.45) is 4.29. The minimum absolute atomic E-state index is 0.604. The molecule has 1 aliphatic rings. The van der Waals surface area contributed by atoms with Gasteiger partial charge in [-0.05, 0) is 18.6 Å². The highest BCUT2D eigenvalue weighted by atomic mass is 32.2. The Labute approximate surface area is 101 Å². The van der Waals surface area contributed by atoms with Crippen LogP contribution >= 0.6 is 11.8 Å². The molecule has 1 fully saturated rings. The summed E-state index contributed by atoms with van der Waals surface area (Å²) >= 11 is 2.01. The molecule has 0 aromatic carbocycles. The molecule has 1 aromatic rings. The average Bonchev–Trinajstić information content (AvgIpc) is 2.91. The lowest BCUT2D eigenvalue weighted by molar-refractivity contribution is 0.189. The third-order valence-electron chi connectivity index (χ3n) is 2.66. The molecule has 5 heteroatoms. The molecule has 4 nitrogen and oxygen atoms in total. The van der Waals surface area contributed by atoms with E-state index >= 15 is 0 Å². The molecule has 1 aromatic heterocycles. The van der Waals surface area contributed by atoms with Crippen LogP contribution in [0.4, 0.5) is 5.82 Å². The molecule has 1 atom stereocenters. The first-order chi connectivity index (χ1) is 7.88. The van der Waals surface area contributed by atoms with Crippen LogP contribution in [-0.4, -0.2) is 41.0 Å². The molecule has 2 heterocycles. The van der Waals surface area contributed by atoms with Crippen molar-refractivity contribution in [1.29, 1.82) is 0 Å². The van der Waals surface area contributed by atoms with Gasteiger partial charge in [0.25, 0.3) is 0 Å². The third kappa shape index (κ3) is 3.42. The second kappa shape index (κ2) is 6.15. The molecule has 2 rings (SSSR count). The highest BCUT2D eigenvalue weighted by Crippen LogP contribution is 2.20. The molecule has 0 radical (unpaired) electrons.